The molecule has 1 saturated heterocycles. The van der Waals surface area contributed by atoms with E-state index in [2.05, 4.69) is 6.92 Å². The van der Waals surface area contributed by atoms with Gasteiger partial charge >= 0.3 is 0 Å². The maximum atomic E-state index is 14.9. The molecular formula is C22H31FO4. The molecule has 0 amide bonds. The van der Waals surface area contributed by atoms with Crippen LogP contribution in [-0.2, 0) is 14.2 Å². The summed E-state index contributed by atoms with van der Waals surface area (Å²) in [6.07, 6.45) is 9.51. The van der Waals surface area contributed by atoms with Crippen molar-refractivity contribution >= 4 is 0 Å². The van der Waals surface area contributed by atoms with Crippen LogP contribution >= 0.6 is 0 Å². The van der Waals surface area contributed by atoms with Gasteiger partial charge in [-0.1, -0.05) is 19.8 Å². The van der Waals surface area contributed by atoms with Crippen molar-refractivity contribution in [3.05, 3.63) is 46.5 Å². The van der Waals surface area contributed by atoms with Gasteiger partial charge in [0.2, 0.25) is 6.29 Å². The third kappa shape index (κ3) is 5.02. The van der Waals surface area contributed by atoms with Crippen LogP contribution in [0.25, 0.3) is 0 Å². The molecule has 0 aromatic rings. The van der Waals surface area contributed by atoms with Gasteiger partial charge < -0.3 is 19.3 Å². The van der Waals surface area contributed by atoms with Crippen molar-refractivity contribution in [2.24, 2.45) is 0 Å². The Kier molecular flexibility index (Phi) is 6.43. The van der Waals surface area contributed by atoms with Gasteiger partial charge in [0.25, 0.3) is 0 Å². The smallest absolute Gasteiger partial charge is 0.228 e. The van der Waals surface area contributed by atoms with E-state index in [1.807, 2.05) is 19.1 Å². The van der Waals surface area contributed by atoms with E-state index in [4.69, 9.17) is 14.2 Å². The van der Waals surface area contributed by atoms with Gasteiger partial charge in [-0.05, 0) is 56.9 Å². The van der Waals surface area contributed by atoms with Crippen LogP contribution in [0.2, 0.25) is 0 Å². The molecule has 5 heteroatoms. The SMILES string of the molecule is CCCCC(C)(F)C/C=C(/OC1CCCCO1)C1=C2C=C(C)C=C2OC1O. The summed E-state index contributed by atoms with van der Waals surface area (Å²) in [7, 11) is 0. The van der Waals surface area contributed by atoms with E-state index < -0.39 is 12.0 Å². The summed E-state index contributed by atoms with van der Waals surface area (Å²) in [5, 5.41) is 10.4. The third-order valence-corrected chi connectivity index (χ3v) is 5.20. The van der Waals surface area contributed by atoms with E-state index in [9.17, 15) is 9.50 Å². The van der Waals surface area contributed by atoms with E-state index in [0.29, 0.717) is 30.1 Å². The maximum absolute atomic E-state index is 14.9. The second kappa shape index (κ2) is 8.61. The normalized spacial score (nSPS) is 27.7. The Labute approximate surface area is 161 Å². The van der Waals surface area contributed by atoms with Crippen LogP contribution in [0, 0.1) is 0 Å². The lowest BCUT2D eigenvalue weighted by atomic mass is 9.95. The quantitative estimate of drug-likeness (QED) is 0.589. The predicted molar refractivity (Wildman–Crippen MR) is 102 cm³/mol. The van der Waals surface area contributed by atoms with Gasteiger partial charge in [-0.25, -0.2) is 4.39 Å². The van der Waals surface area contributed by atoms with Crippen molar-refractivity contribution in [2.45, 2.75) is 84.0 Å². The molecule has 1 N–H and O–H groups in total. The number of allylic oxidation sites excluding steroid dienone is 4. The van der Waals surface area contributed by atoms with Crippen LogP contribution < -0.4 is 0 Å². The predicted octanol–water partition coefficient (Wildman–Crippen LogP) is 5.21. The Bertz CT molecular complexity index is 666. The van der Waals surface area contributed by atoms with Gasteiger partial charge in [0.05, 0.1) is 12.2 Å². The fourth-order valence-corrected chi connectivity index (χ4v) is 3.62. The second-order valence-electron chi connectivity index (χ2n) is 7.90. The molecule has 2 aliphatic heterocycles. The molecular weight excluding hydrogens is 347 g/mol. The largest absolute Gasteiger partial charge is 0.465 e. The third-order valence-electron chi connectivity index (χ3n) is 5.20. The highest BCUT2D eigenvalue weighted by molar-refractivity contribution is 5.58. The first-order valence-electron chi connectivity index (χ1n) is 10.1. The molecule has 0 aromatic carbocycles. The molecule has 1 fully saturated rings. The number of hydrogen-bond donors (Lipinski definition) is 1. The van der Waals surface area contributed by atoms with Crippen LogP contribution in [-0.4, -0.2) is 30.0 Å². The molecule has 3 atom stereocenters. The molecule has 0 bridgehead atoms. The zero-order chi connectivity index (χ0) is 19.4. The summed E-state index contributed by atoms with van der Waals surface area (Å²) in [5.41, 5.74) is 1.12. The number of halogens is 1. The Morgan fingerprint density at radius 1 is 1.41 bits per heavy atom. The first-order valence-corrected chi connectivity index (χ1v) is 10.1. The van der Waals surface area contributed by atoms with Crippen molar-refractivity contribution < 1.29 is 23.7 Å². The number of fused-ring (bicyclic) bond motifs is 1. The summed E-state index contributed by atoms with van der Waals surface area (Å²) in [5.74, 6) is 1.11. The van der Waals surface area contributed by atoms with E-state index in [1.54, 1.807) is 13.0 Å². The molecule has 27 heavy (non-hydrogen) atoms. The number of ether oxygens (including phenoxy) is 3. The molecule has 3 rings (SSSR count). The minimum Gasteiger partial charge on any atom is -0.465 e. The Balaban J connectivity index is 1.86. The number of aliphatic hydroxyl groups excluding tert-OH is 1. The Morgan fingerprint density at radius 3 is 2.93 bits per heavy atom. The van der Waals surface area contributed by atoms with Gasteiger partial charge in [0, 0.05) is 18.4 Å². The lowest BCUT2D eigenvalue weighted by Gasteiger charge is -2.26. The standard InChI is InChI=1S/C22H31FO4/c1-4-5-10-22(3,23)11-9-17(26-19-8-6-7-12-25-19)20-16-13-15(2)14-18(16)27-21(20)24/h9,13-14,19,21,24H,4-8,10-12H2,1-3H3/b17-9+. The molecule has 2 heterocycles. The average Bonchev–Trinajstić information content (AvgIpc) is 3.12. The summed E-state index contributed by atoms with van der Waals surface area (Å²) in [6, 6.07) is 0. The number of rotatable bonds is 8. The molecule has 0 aromatic heterocycles. The van der Waals surface area contributed by atoms with Crippen LogP contribution in [0.3, 0.4) is 0 Å². The summed E-state index contributed by atoms with van der Waals surface area (Å²) in [4.78, 5) is 0. The van der Waals surface area contributed by atoms with Gasteiger partial charge in [-0.15, -0.1) is 0 Å². The van der Waals surface area contributed by atoms with Gasteiger partial charge in [-0.3, -0.25) is 0 Å². The van der Waals surface area contributed by atoms with E-state index >= 15 is 0 Å². The number of alkyl halides is 1. The summed E-state index contributed by atoms with van der Waals surface area (Å²) in [6.45, 7) is 6.31. The van der Waals surface area contributed by atoms with E-state index in [1.165, 1.54) is 0 Å². The van der Waals surface area contributed by atoms with Crippen LogP contribution in [0.1, 0.15) is 65.7 Å². The van der Waals surface area contributed by atoms with Crippen molar-refractivity contribution in [2.75, 3.05) is 6.61 Å². The summed E-state index contributed by atoms with van der Waals surface area (Å²) >= 11 is 0. The lowest BCUT2D eigenvalue weighted by molar-refractivity contribution is -0.139. The zero-order valence-electron chi connectivity index (χ0n) is 16.6. The molecule has 0 spiro atoms. The summed E-state index contributed by atoms with van der Waals surface area (Å²) < 4.78 is 32.2. The Hall–Kier alpha value is -1.59. The fourth-order valence-electron chi connectivity index (χ4n) is 3.62. The van der Waals surface area contributed by atoms with Crippen molar-refractivity contribution in [1.82, 2.24) is 0 Å². The number of unbranched alkanes of at least 4 members (excludes halogenated alkanes) is 1. The molecule has 3 aliphatic rings. The van der Waals surface area contributed by atoms with E-state index in [0.717, 1.165) is 43.3 Å². The molecule has 150 valence electrons. The van der Waals surface area contributed by atoms with E-state index in [-0.39, 0.29) is 12.7 Å². The first kappa shape index (κ1) is 20.2. The number of hydrogen-bond acceptors (Lipinski definition) is 4. The first-order chi connectivity index (χ1) is 12.9. The van der Waals surface area contributed by atoms with Crippen molar-refractivity contribution in [3.63, 3.8) is 0 Å². The number of aliphatic hydroxyl groups is 1. The minimum atomic E-state index is -1.31. The zero-order valence-corrected chi connectivity index (χ0v) is 16.6. The van der Waals surface area contributed by atoms with Crippen LogP contribution in [0.5, 0.6) is 0 Å². The van der Waals surface area contributed by atoms with Crippen molar-refractivity contribution in [1.29, 1.82) is 0 Å². The minimum absolute atomic E-state index is 0.223. The van der Waals surface area contributed by atoms with Crippen molar-refractivity contribution in [3.8, 4) is 0 Å². The highest BCUT2D eigenvalue weighted by Gasteiger charge is 2.35. The van der Waals surface area contributed by atoms with Crippen LogP contribution in [0.15, 0.2) is 46.5 Å². The monoisotopic (exact) mass is 378 g/mol. The van der Waals surface area contributed by atoms with Gasteiger partial charge in [0.1, 0.15) is 17.2 Å². The average molecular weight is 378 g/mol. The lowest BCUT2D eigenvalue weighted by Crippen LogP contribution is -2.25. The van der Waals surface area contributed by atoms with Gasteiger partial charge in [0.15, 0.2) is 6.29 Å². The fraction of sp³-hybridized carbons (Fsp3) is 0.636. The molecule has 0 radical (unpaired) electrons. The van der Waals surface area contributed by atoms with Gasteiger partial charge in [-0.2, -0.15) is 0 Å². The highest BCUT2D eigenvalue weighted by atomic mass is 19.1. The molecule has 0 saturated carbocycles. The molecule has 4 nitrogen and oxygen atoms in total. The molecule has 1 aliphatic carbocycles. The molecule has 3 unspecified atom stereocenters. The topological polar surface area (TPSA) is 47.9 Å². The highest BCUT2D eigenvalue weighted by Crippen LogP contribution is 2.40. The second-order valence-corrected chi connectivity index (χ2v) is 7.90. The van der Waals surface area contributed by atoms with Crippen LogP contribution in [0.4, 0.5) is 4.39 Å². The maximum Gasteiger partial charge on any atom is 0.228 e. The Morgan fingerprint density at radius 2 is 2.22 bits per heavy atom.